The van der Waals surface area contributed by atoms with E-state index in [1.54, 1.807) is 0 Å². The van der Waals surface area contributed by atoms with Gasteiger partial charge in [0.05, 0.1) is 6.10 Å². The van der Waals surface area contributed by atoms with Crippen LogP contribution in [-0.2, 0) is 0 Å². The summed E-state index contributed by atoms with van der Waals surface area (Å²) in [6.07, 6.45) is 10.1. The van der Waals surface area contributed by atoms with E-state index in [1.807, 2.05) is 0 Å². The number of aliphatic hydroxyl groups is 1. The lowest BCUT2D eigenvalue weighted by Crippen LogP contribution is -2.34. The molecule has 0 saturated heterocycles. The van der Waals surface area contributed by atoms with Crippen LogP contribution in [0.15, 0.2) is 0 Å². The highest BCUT2D eigenvalue weighted by Gasteiger charge is 2.18. The highest BCUT2D eigenvalue weighted by atomic mass is 16.3. The minimum absolute atomic E-state index is 0.138. The van der Waals surface area contributed by atoms with E-state index in [9.17, 15) is 5.11 Å². The molecule has 0 spiro atoms. The highest BCUT2D eigenvalue weighted by Crippen LogP contribution is 2.28. The van der Waals surface area contributed by atoms with E-state index in [2.05, 4.69) is 26.1 Å². The molecule has 0 aromatic carbocycles. The maximum atomic E-state index is 10.0. The zero-order valence-electron chi connectivity index (χ0n) is 12.6. The molecule has 1 saturated carbocycles. The summed E-state index contributed by atoms with van der Waals surface area (Å²) in [7, 11) is 0. The van der Waals surface area contributed by atoms with Gasteiger partial charge in [0.15, 0.2) is 0 Å². The van der Waals surface area contributed by atoms with Crippen molar-refractivity contribution in [2.24, 2.45) is 11.8 Å². The first-order chi connectivity index (χ1) is 8.58. The fourth-order valence-corrected chi connectivity index (χ4v) is 2.99. The first-order valence-corrected chi connectivity index (χ1v) is 7.99. The van der Waals surface area contributed by atoms with Gasteiger partial charge in [-0.05, 0) is 31.6 Å². The summed E-state index contributed by atoms with van der Waals surface area (Å²) < 4.78 is 0. The van der Waals surface area contributed by atoms with Crippen LogP contribution in [0.25, 0.3) is 0 Å². The molecule has 1 fully saturated rings. The SMILES string of the molecule is CC(C)CCCC(C)NCC(O)CC1CCCC1. The second kappa shape index (κ2) is 8.92. The van der Waals surface area contributed by atoms with E-state index in [-0.39, 0.29) is 6.10 Å². The molecule has 18 heavy (non-hydrogen) atoms. The lowest BCUT2D eigenvalue weighted by atomic mass is 9.99. The van der Waals surface area contributed by atoms with E-state index < -0.39 is 0 Å². The molecule has 1 rings (SSSR count). The summed E-state index contributed by atoms with van der Waals surface area (Å²) in [4.78, 5) is 0. The van der Waals surface area contributed by atoms with Gasteiger partial charge in [0.25, 0.3) is 0 Å². The third-order valence-corrected chi connectivity index (χ3v) is 4.20. The number of hydrogen-bond acceptors (Lipinski definition) is 2. The second-order valence-electron chi connectivity index (χ2n) is 6.67. The molecule has 2 unspecified atom stereocenters. The molecule has 2 N–H and O–H groups in total. The number of nitrogens with one attached hydrogen (secondary N) is 1. The summed E-state index contributed by atoms with van der Waals surface area (Å²) in [6, 6.07) is 0.543. The number of hydrogen-bond donors (Lipinski definition) is 2. The fourth-order valence-electron chi connectivity index (χ4n) is 2.99. The van der Waals surface area contributed by atoms with Crippen LogP contribution in [0.2, 0.25) is 0 Å². The van der Waals surface area contributed by atoms with Crippen LogP contribution < -0.4 is 5.32 Å². The van der Waals surface area contributed by atoms with Gasteiger partial charge < -0.3 is 10.4 Å². The standard InChI is InChI=1S/C16H33NO/c1-13(2)7-6-8-14(3)17-12-16(18)11-15-9-4-5-10-15/h13-18H,4-12H2,1-3H3. The average Bonchev–Trinajstić information content (AvgIpc) is 2.78. The molecule has 1 aliphatic carbocycles. The molecule has 1 aliphatic rings. The van der Waals surface area contributed by atoms with Crippen LogP contribution in [0.5, 0.6) is 0 Å². The lowest BCUT2D eigenvalue weighted by molar-refractivity contribution is 0.137. The van der Waals surface area contributed by atoms with E-state index >= 15 is 0 Å². The molecule has 0 aromatic rings. The molecule has 2 heteroatoms. The van der Waals surface area contributed by atoms with Crippen LogP contribution >= 0.6 is 0 Å². The third kappa shape index (κ3) is 7.38. The van der Waals surface area contributed by atoms with Crippen LogP contribution in [0.1, 0.15) is 72.1 Å². The summed E-state index contributed by atoms with van der Waals surface area (Å²) in [5, 5.41) is 13.5. The molecule has 0 bridgehead atoms. The normalized spacial score (nSPS) is 20.5. The van der Waals surface area contributed by atoms with Gasteiger partial charge in [-0.3, -0.25) is 0 Å². The molecule has 0 aliphatic heterocycles. The Bertz CT molecular complexity index is 199. The summed E-state index contributed by atoms with van der Waals surface area (Å²) in [5.74, 6) is 1.60. The number of aliphatic hydroxyl groups excluding tert-OH is 1. The molecule has 2 nitrogen and oxygen atoms in total. The van der Waals surface area contributed by atoms with Crippen LogP contribution in [0, 0.1) is 11.8 Å². The average molecular weight is 255 g/mol. The maximum absolute atomic E-state index is 10.0. The van der Waals surface area contributed by atoms with Crippen molar-refractivity contribution in [3.63, 3.8) is 0 Å². The second-order valence-corrected chi connectivity index (χ2v) is 6.67. The predicted molar refractivity (Wildman–Crippen MR) is 78.7 cm³/mol. The molecular formula is C16H33NO. The third-order valence-electron chi connectivity index (χ3n) is 4.20. The van der Waals surface area contributed by atoms with E-state index in [4.69, 9.17) is 0 Å². The van der Waals surface area contributed by atoms with Crippen LogP contribution in [-0.4, -0.2) is 23.8 Å². The Hall–Kier alpha value is -0.0800. The van der Waals surface area contributed by atoms with Gasteiger partial charge in [-0.25, -0.2) is 0 Å². The van der Waals surface area contributed by atoms with Crippen molar-refractivity contribution >= 4 is 0 Å². The smallest absolute Gasteiger partial charge is 0.0667 e. The first kappa shape index (κ1) is 16.0. The Morgan fingerprint density at radius 2 is 1.78 bits per heavy atom. The van der Waals surface area contributed by atoms with Crippen molar-refractivity contribution in [2.45, 2.75) is 84.3 Å². The van der Waals surface area contributed by atoms with Crippen LogP contribution in [0.3, 0.4) is 0 Å². The zero-order valence-corrected chi connectivity index (χ0v) is 12.6. The maximum Gasteiger partial charge on any atom is 0.0667 e. The van der Waals surface area contributed by atoms with E-state index in [0.717, 1.165) is 24.8 Å². The van der Waals surface area contributed by atoms with Crippen molar-refractivity contribution in [1.82, 2.24) is 5.32 Å². The Kier molecular flexibility index (Phi) is 7.92. The Balaban J connectivity index is 2.00. The molecule has 0 heterocycles. The summed E-state index contributed by atoms with van der Waals surface area (Å²) in [6.45, 7) is 7.58. The monoisotopic (exact) mass is 255 g/mol. The van der Waals surface area contributed by atoms with Crippen molar-refractivity contribution < 1.29 is 5.11 Å². The van der Waals surface area contributed by atoms with Crippen LogP contribution in [0.4, 0.5) is 0 Å². The zero-order chi connectivity index (χ0) is 13.4. The molecule has 108 valence electrons. The quantitative estimate of drug-likeness (QED) is 0.658. The van der Waals surface area contributed by atoms with Gasteiger partial charge in [0.2, 0.25) is 0 Å². The minimum Gasteiger partial charge on any atom is -0.392 e. The van der Waals surface area contributed by atoms with Gasteiger partial charge in [-0.1, -0.05) is 52.4 Å². The molecule has 2 atom stereocenters. The molecule has 0 aromatic heterocycles. The first-order valence-electron chi connectivity index (χ1n) is 7.99. The highest BCUT2D eigenvalue weighted by molar-refractivity contribution is 4.73. The molecular weight excluding hydrogens is 222 g/mol. The fraction of sp³-hybridized carbons (Fsp3) is 1.00. The van der Waals surface area contributed by atoms with Crippen molar-refractivity contribution in [3.8, 4) is 0 Å². The Morgan fingerprint density at radius 3 is 2.39 bits per heavy atom. The van der Waals surface area contributed by atoms with E-state index in [0.29, 0.717) is 6.04 Å². The topological polar surface area (TPSA) is 32.3 Å². The predicted octanol–water partition coefficient (Wildman–Crippen LogP) is 3.73. The minimum atomic E-state index is -0.138. The van der Waals surface area contributed by atoms with Gasteiger partial charge in [-0.2, -0.15) is 0 Å². The molecule has 0 radical (unpaired) electrons. The van der Waals surface area contributed by atoms with Crippen molar-refractivity contribution in [3.05, 3.63) is 0 Å². The van der Waals surface area contributed by atoms with Crippen molar-refractivity contribution in [2.75, 3.05) is 6.54 Å². The van der Waals surface area contributed by atoms with Gasteiger partial charge in [-0.15, -0.1) is 0 Å². The van der Waals surface area contributed by atoms with Gasteiger partial charge >= 0.3 is 0 Å². The largest absolute Gasteiger partial charge is 0.392 e. The Morgan fingerprint density at radius 1 is 1.11 bits per heavy atom. The van der Waals surface area contributed by atoms with Gasteiger partial charge in [0.1, 0.15) is 0 Å². The van der Waals surface area contributed by atoms with Gasteiger partial charge in [0, 0.05) is 12.6 Å². The lowest BCUT2D eigenvalue weighted by Gasteiger charge is -2.19. The number of rotatable bonds is 9. The Labute approximate surface area is 114 Å². The van der Waals surface area contributed by atoms with E-state index in [1.165, 1.54) is 44.9 Å². The molecule has 0 amide bonds. The summed E-state index contributed by atoms with van der Waals surface area (Å²) >= 11 is 0. The summed E-state index contributed by atoms with van der Waals surface area (Å²) in [5.41, 5.74) is 0. The van der Waals surface area contributed by atoms with Crippen molar-refractivity contribution in [1.29, 1.82) is 0 Å².